The van der Waals surface area contributed by atoms with Gasteiger partial charge in [0.05, 0.1) is 6.10 Å². The SMILES string of the molecule is CC1=CC[C@@]23[C@H](C1)O[C@@H](C=C(Br)C2(C)C)C3(C)O. The van der Waals surface area contributed by atoms with E-state index in [-0.39, 0.29) is 23.0 Å². The van der Waals surface area contributed by atoms with Gasteiger partial charge in [-0.25, -0.2) is 0 Å². The number of fused-ring (bicyclic) bond motifs is 1. The van der Waals surface area contributed by atoms with Crippen molar-refractivity contribution in [3.05, 3.63) is 22.2 Å². The molecule has 2 nitrogen and oxygen atoms in total. The Morgan fingerprint density at radius 1 is 1.39 bits per heavy atom. The first-order chi connectivity index (χ1) is 8.23. The highest BCUT2D eigenvalue weighted by Gasteiger charge is 2.71. The molecule has 1 spiro atoms. The quantitative estimate of drug-likeness (QED) is 0.693. The summed E-state index contributed by atoms with van der Waals surface area (Å²) in [6.45, 7) is 8.54. The average Bonchev–Trinajstić information content (AvgIpc) is 2.41. The topological polar surface area (TPSA) is 29.5 Å². The summed E-state index contributed by atoms with van der Waals surface area (Å²) in [6, 6.07) is 0. The molecule has 1 fully saturated rings. The number of rotatable bonds is 0. The van der Waals surface area contributed by atoms with Crippen molar-refractivity contribution in [2.45, 2.75) is 58.3 Å². The molecule has 3 rings (SSSR count). The van der Waals surface area contributed by atoms with Crippen molar-refractivity contribution in [3.8, 4) is 0 Å². The fraction of sp³-hybridized carbons (Fsp3) is 0.733. The van der Waals surface area contributed by atoms with Crippen LogP contribution in [0.2, 0.25) is 0 Å². The monoisotopic (exact) mass is 312 g/mol. The van der Waals surface area contributed by atoms with Crippen molar-refractivity contribution in [1.82, 2.24) is 0 Å². The van der Waals surface area contributed by atoms with E-state index in [2.05, 4.69) is 48.9 Å². The first-order valence-electron chi connectivity index (χ1n) is 6.65. The minimum Gasteiger partial charge on any atom is -0.386 e. The average molecular weight is 313 g/mol. The molecule has 0 aromatic heterocycles. The molecule has 1 aliphatic heterocycles. The molecule has 18 heavy (non-hydrogen) atoms. The number of aliphatic hydroxyl groups is 1. The van der Waals surface area contributed by atoms with Crippen LogP contribution >= 0.6 is 15.9 Å². The Morgan fingerprint density at radius 3 is 2.72 bits per heavy atom. The van der Waals surface area contributed by atoms with E-state index in [0.717, 1.165) is 12.8 Å². The zero-order valence-electron chi connectivity index (χ0n) is 11.5. The summed E-state index contributed by atoms with van der Waals surface area (Å²) in [5.74, 6) is 0. The zero-order valence-corrected chi connectivity index (χ0v) is 13.0. The molecular weight excluding hydrogens is 292 g/mol. The van der Waals surface area contributed by atoms with E-state index in [9.17, 15) is 5.11 Å². The van der Waals surface area contributed by atoms with Gasteiger partial charge in [0.2, 0.25) is 0 Å². The van der Waals surface area contributed by atoms with Crippen LogP contribution < -0.4 is 0 Å². The Balaban J connectivity index is 2.23. The number of ether oxygens (including phenoxy) is 1. The third-order valence-electron chi connectivity index (χ3n) is 5.61. The van der Waals surface area contributed by atoms with Crippen molar-refractivity contribution in [2.24, 2.45) is 10.8 Å². The van der Waals surface area contributed by atoms with Gasteiger partial charge in [0.15, 0.2) is 0 Å². The maximum atomic E-state index is 11.1. The third kappa shape index (κ3) is 1.21. The van der Waals surface area contributed by atoms with Crippen LogP contribution in [0.1, 0.15) is 40.5 Å². The lowest BCUT2D eigenvalue weighted by Crippen LogP contribution is -2.61. The van der Waals surface area contributed by atoms with Gasteiger partial charge in [-0.3, -0.25) is 0 Å². The van der Waals surface area contributed by atoms with Gasteiger partial charge in [-0.2, -0.15) is 0 Å². The van der Waals surface area contributed by atoms with Crippen LogP contribution in [0, 0.1) is 10.8 Å². The molecule has 1 saturated heterocycles. The molecule has 3 aliphatic rings. The van der Waals surface area contributed by atoms with Gasteiger partial charge < -0.3 is 9.84 Å². The summed E-state index contributed by atoms with van der Waals surface area (Å²) in [4.78, 5) is 0. The minimum absolute atomic E-state index is 0.106. The second-order valence-electron chi connectivity index (χ2n) is 6.76. The number of allylic oxidation sites excluding steroid dienone is 2. The van der Waals surface area contributed by atoms with Crippen molar-refractivity contribution >= 4 is 15.9 Å². The maximum absolute atomic E-state index is 11.1. The highest BCUT2D eigenvalue weighted by molar-refractivity contribution is 9.11. The van der Waals surface area contributed by atoms with Crippen LogP contribution in [0.3, 0.4) is 0 Å². The molecule has 2 bridgehead atoms. The normalized spacial score (nSPS) is 49.4. The Morgan fingerprint density at radius 2 is 2.06 bits per heavy atom. The molecular formula is C15H21BrO2. The number of hydrogen-bond donors (Lipinski definition) is 1. The lowest BCUT2D eigenvalue weighted by molar-refractivity contribution is -0.114. The van der Waals surface area contributed by atoms with Gasteiger partial charge >= 0.3 is 0 Å². The molecule has 3 heteroatoms. The molecule has 1 N–H and O–H groups in total. The Kier molecular flexibility index (Phi) is 2.51. The van der Waals surface area contributed by atoms with Crippen LogP contribution in [-0.4, -0.2) is 22.9 Å². The lowest BCUT2D eigenvalue weighted by atomic mass is 9.49. The smallest absolute Gasteiger partial charge is 0.106 e. The molecule has 0 saturated carbocycles. The second kappa shape index (κ2) is 3.50. The van der Waals surface area contributed by atoms with Crippen LogP contribution in [0.15, 0.2) is 22.2 Å². The Bertz CT molecular complexity index is 461. The summed E-state index contributed by atoms with van der Waals surface area (Å²) in [7, 11) is 0. The first kappa shape index (κ1) is 12.9. The highest BCUT2D eigenvalue weighted by Crippen LogP contribution is 2.67. The lowest BCUT2D eigenvalue weighted by Gasteiger charge is -2.56. The van der Waals surface area contributed by atoms with Gasteiger partial charge in [0.25, 0.3) is 0 Å². The fourth-order valence-electron chi connectivity index (χ4n) is 4.32. The van der Waals surface area contributed by atoms with Crippen LogP contribution in [-0.2, 0) is 4.74 Å². The second-order valence-corrected chi connectivity index (χ2v) is 7.62. The predicted octanol–water partition coefficient (Wildman–Crippen LogP) is 3.55. The van der Waals surface area contributed by atoms with E-state index >= 15 is 0 Å². The van der Waals surface area contributed by atoms with Crippen molar-refractivity contribution in [3.63, 3.8) is 0 Å². The first-order valence-corrected chi connectivity index (χ1v) is 7.44. The largest absolute Gasteiger partial charge is 0.386 e. The van der Waals surface area contributed by atoms with Crippen LogP contribution in [0.4, 0.5) is 0 Å². The molecule has 1 unspecified atom stereocenters. The minimum atomic E-state index is -0.796. The van der Waals surface area contributed by atoms with E-state index < -0.39 is 5.60 Å². The van der Waals surface area contributed by atoms with E-state index in [1.807, 2.05) is 6.92 Å². The van der Waals surface area contributed by atoms with Crippen LogP contribution in [0.25, 0.3) is 0 Å². The summed E-state index contributed by atoms with van der Waals surface area (Å²) in [5.41, 5.74) is 0.250. The number of halogens is 1. The summed E-state index contributed by atoms with van der Waals surface area (Å²) < 4.78 is 7.34. The molecule has 0 aromatic rings. The van der Waals surface area contributed by atoms with Gasteiger partial charge in [-0.05, 0) is 32.8 Å². The van der Waals surface area contributed by atoms with Crippen molar-refractivity contribution < 1.29 is 9.84 Å². The standard InChI is InChI=1S/C15H21BrO2/c1-9-5-6-15-12(7-9)18-11(14(15,4)17)8-10(16)13(15,2)3/h5,8,11-12,17H,6-7H2,1-4H3/t11-,12-,14?,15+/m0/s1. The fourth-order valence-corrected chi connectivity index (χ4v) is 4.92. The molecule has 0 aromatic carbocycles. The van der Waals surface area contributed by atoms with E-state index in [4.69, 9.17) is 4.74 Å². The van der Waals surface area contributed by atoms with Crippen molar-refractivity contribution in [1.29, 1.82) is 0 Å². The van der Waals surface area contributed by atoms with E-state index in [0.29, 0.717) is 0 Å². The summed E-state index contributed by atoms with van der Waals surface area (Å²) in [5, 5.41) is 11.1. The van der Waals surface area contributed by atoms with Gasteiger partial charge in [0.1, 0.15) is 11.7 Å². The van der Waals surface area contributed by atoms with Gasteiger partial charge in [0, 0.05) is 15.3 Å². The maximum Gasteiger partial charge on any atom is 0.106 e. The summed E-state index contributed by atoms with van der Waals surface area (Å²) >= 11 is 3.70. The Labute approximate surface area is 117 Å². The van der Waals surface area contributed by atoms with Gasteiger partial charge in [-0.15, -0.1) is 0 Å². The molecule has 0 radical (unpaired) electrons. The molecule has 2 aliphatic carbocycles. The summed E-state index contributed by atoms with van der Waals surface area (Å²) in [6.07, 6.45) is 6.09. The van der Waals surface area contributed by atoms with E-state index in [1.54, 1.807) is 0 Å². The molecule has 100 valence electrons. The van der Waals surface area contributed by atoms with Gasteiger partial charge in [-0.1, -0.05) is 41.4 Å². The van der Waals surface area contributed by atoms with Crippen molar-refractivity contribution in [2.75, 3.05) is 0 Å². The molecule has 4 atom stereocenters. The Hall–Kier alpha value is -0.120. The molecule has 0 amide bonds. The molecule has 1 heterocycles. The number of hydrogen-bond acceptors (Lipinski definition) is 2. The zero-order chi connectivity index (χ0) is 13.3. The van der Waals surface area contributed by atoms with E-state index in [1.165, 1.54) is 10.1 Å². The van der Waals surface area contributed by atoms with Crippen LogP contribution in [0.5, 0.6) is 0 Å². The predicted molar refractivity (Wildman–Crippen MR) is 75.5 cm³/mol. The third-order valence-corrected chi connectivity index (χ3v) is 6.86. The highest BCUT2D eigenvalue weighted by atomic mass is 79.9.